The number of anilines is 3. The van der Waals surface area contributed by atoms with Gasteiger partial charge in [-0.2, -0.15) is 4.98 Å². The molecule has 0 aliphatic heterocycles. The first kappa shape index (κ1) is 17.0. The van der Waals surface area contributed by atoms with E-state index in [1.54, 1.807) is 36.2 Å². The van der Waals surface area contributed by atoms with Gasteiger partial charge in [0.1, 0.15) is 28.0 Å². The van der Waals surface area contributed by atoms with Crippen LogP contribution in [0.2, 0.25) is 5.28 Å². The highest BCUT2D eigenvalue weighted by Crippen LogP contribution is 2.35. The van der Waals surface area contributed by atoms with Gasteiger partial charge in [0.25, 0.3) is 0 Å². The van der Waals surface area contributed by atoms with E-state index in [0.717, 1.165) is 0 Å². The van der Waals surface area contributed by atoms with Gasteiger partial charge in [0.15, 0.2) is 0 Å². The van der Waals surface area contributed by atoms with Gasteiger partial charge in [-0.05, 0) is 39.7 Å². The van der Waals surface area contributed by atoms with Crippen LogP contribution in [0, 0.1) is 0 Å². The molecule has 1 atom stereocenters. The monoisotopic (exact) mass is 426 g/mol. The SMILES string of the molecule is CN(c1c(Nc2nc(Cl)ncc2Br)ccc2nccnc12)S(C)=O. The fourth-order valence-corrected chi connectivity index (χ4v) is 3.00. The van der Waals surface area contributed by atoms with Crippen LogP contribution in [0.5, 0.6) is 0 Å². The van der Waals surface area contributed by atoms with Crippen molar-refractivity contribution in [2.45, 2.75) is 0 Å². The second-order valence-electron chi connectivity index (χ2n) is 4.77. The molecule has 1 N–H and O–H groups in total. The first-order valence-electron chi connectivity index (χ1n) is 6.73. The average molecular weight is 428 g/mol. The summed E-state index contributed by atoms with van der Waals surface area (Å²) in [6.07, 6.45) is 6.36. The molecule has 1 aromatic carbocycles. The van der Waals surface area contributed by atoms with E-state index < -0.39 is 11.0 Å². The van der Waals surface area contributed by atoms with Gasteiger partial charge in [0.05, 0.1) is 15.7 Å². The zero-order chi connectivity index (χ0) is 17.3. The van der Waals surface area contributed by atoms with Gasteiger partial charge in [0, 0.05) is 31.9 Å². The highest BCUT2D eigenvalue weighted by atomic mass is 79.9. The van der Waals surface area contributed by atoms with Crippen molar-refractivity contribution in [3.63, 3.8) is 0 Å². The molecule has 3 rings (SSSR count). The van der Waals surface area contributed by atoms with Crippen molar-refractivity contribution in [3.8, 4) is 0 Å². The summed E-state index contributed by atoms with van der Waals surface area (Å²) in [6, 6.07) is 3.66. The molecular formula is C14H12BrClN6OS. The molecule has 124 valence electrons. The van der Waals surface area contributed by atoms with Gasteiger partial charge < -0.3 is 5.32 Å². The molecule has 0 bridgehead atoms. The van der Waals surface area contributed by atoms with Crippen LogP contribution in [0.1, 0.15) is 0 Å². The van der Waals surface area contributed by atoms with Gasteiger partial charge in [-0.3, -0.25) is 14.3 Å². The number of benzene rings is 1. The Morgan fingerprint density at radius 3 is 2.75 bits per heavy atom. The van der Waals surface area contributed by atoms with Gasteiger partial charge in [-0.15, -0.1) is 0 Å². The average Bonchev–Trinajstić information content (AvgIpc) is 2.57. The molecule has 0 radical (unpaired) electrons. The van der Waals surface area contributed by atoms with Crippen molar-refractivity contribution in [2.75, 3.05) is 22.9 Å². The van der Waals surface area contributed by atoms with Crippen molar-refractivity contribution in [1.82, 2.24) is 19.9 Å². The van der Waals surface area contributed by atoms with Crippen molar-refractivity contribution in [1.29, 1.82) is 0 Å². The van der Waals surface area contributed by atoms with E-state index in [2.05, 4.69) is 41.2 Å². The lowest BCUT2D eigenvalue weighted by atomic mass is 10.2. The van der Waals surface area contributed by atoms with E-state index in [1.165, 1.54) is 0 Å². The number of rotatable bonds is 4. The lowest BCUT2D eigenvalue weighted by molar-refractivity contribution is 0.685. The van der Waals surface area contributed by atoms with Crippen molar-refractivity contribution < 1.29 is 4.21 Å². The van der Waals surface area contributed by atoms with Crippen LogP contribution in [0.3, 0.4) is 0 Å². The van der Waals surface area contributed by atoms with Crippen molar-refractivity contribution >= 4 is 66.7 Å². The molecule has 0 saturated carbocycles. The molecule has 0 amide bonds. The molecule has 24 heavy (non-hydrogen) atoms. The van der Waals surface area contributed by atoms with E-state index in [9.17, 15) is 4.21 Å². The normalized spacial score (nSPS) is 12.2. The number of hydrogen-bond acceptors (Lipinski definition) is 6. The van der Waals surface area contributed by atoms with Crippen molar-refractivity contribution in [2.24, 2.45) is 0 Å². The van der Waals surface area contributed by atoms with Crippen LogP contribution in [0.15, 0.2) is 35.2 Å². The van der Waals surface area contributed by atoms with E-state index >= 15 is 0 Å². The molecule has 3 aromatic rings. The fraction of sp³-hybridized carbons (Fsp3) is 0.143. The molecule has 7 nitrogen and oxygen atoms in total. The van der Waals surface area contributed by atoms with Gasteiger partial charge in [-0.1, -0.05) is 0 Å². The number of halogens is 2. The fourth-order valence-electron chi connectivity index (χ4n) is 2.13. The molecule has 0 spiro atoms. The maximum absolute atomic E-state index is 12.0. The van der Waals surface area contributed by atoms with Gasteiger partial charge in [0.2, 0.25) is 5.28 Å². The van der Waals surface area contributed by atoms with Crippen LogP contribution in [0.4, 0.5) is 17.2 Å². The third-order valence-corrected chi connectivity index (χ3v) is 5.00. The Bertz CT molecular complexity index is 940. The summed E-state index contributed by atoms with van der Waals surface area (Å²) < 4.78 is 14.3. The first-order chi connectivity index (χ1) is 11.5. The van der Waals surface area contributed by atoms with E-state index in [0.29, 0.717) is 32.7 Å². The third-order valence-electron chi connectivity index (χ3n) is 3.28. The highest BCUT2D eigenvalue weighted by Gasteiger charge is 2.17. The highest BCUT2D eigenvalue weighted by molar-refractivity contribution is 9.10. The van der Waals surface area contributed by atoms with Crippen LogP contribution in [-0.4, -0.2) is 37.4 Å². The minimum absolute atomic E-state index is 0.121. The molecule has 0 aliphatic carbocycles. The van der Waals surface area contributed by atoms with E-state index in [4.69, 9.17) is 11.6 Å². The predicted molar refractivity (Wildman–Crippen MR) is 100 cm³/mol. The second-order valence-corrected chi connectivity index (χ2v) is 7.36. The summed E-state index contributed by atoms with van der Waals surface area (Å²) in [4.78, 5) is 16.7. The largest absolute Gasteiger partial charge is 0.337 e. The summed E-state index contributed by atoms with van der Waals surface area (Å²) in [5.74, 6) is 0.495. The van der Waals surface area contributed by atoms with Crippen LogP contribution in [0.25, 0.3) is 11.0 Å². The number of aromatic nitrogens is 4. The van der Waals surface area contributed by atoms with Crippen LogP contribution < -0.4 is 9.62 Å². The summed E-state index contributed by atoms with van der Waals surface area (Å²) in [5.41, 5.74) is 2.67. The third kappa shape index (κ3) is 3.33. The minimum atomic E-state index is -1.24. The van der Waals surface area contributed by atoms with Gasteiger partial charge >= 0.3 is 0 Å². The maximum Gasteiger partial charge on any atom is 0.224 e. The molecule has 0 aliphatic rings. The molecule has 2 heterocycles. The Morgan fingerprint density at radius 1 is 1.25 bits per heavy atom. The van der Waals surface area contributed by atoms with E-state index in [1.807, 2.05) is 12.1 Å². The lowest BCUT2D eigenvalue weighted by Crippen LogP contribution is -2.20. The summed E-state index contributed by atoms with van der Waals surface area (Å²) in [6.45, 7) is 0. The van der Waals surface area contributed by atoms with Gasteiger partial charge in [-0.25, -0.2) is 9.19 Å². The Balaban J connectivity index is 2.18. The van der Waals surface area contributed by atoms with E-state index in [-0.39, 0.29) is 5.28 Å². The Hall–Kier alpha value is -1.84. The number of fused-ring (bicyclic) bond motifs is 1. The molecule has 1 unspecified atom stereocenters. The summed E-state index contributed by atoms with van der Waals surface area (Å²) >= 11 is 9.25. The smallest absolute Gasteiger partial charge is 0.224 e. The molecule has 10 heteroatoms. The number of nitrogens with zero attached hydrogens (tertiary/aromatic N) is 5. The number of nitrogens with one attached hydrogen (secondary N) is 1. The standard InChI is InChI=1S/C14H12BrClN6OS/c1-22(24(2)23)12-10(4-3-9-11(12)18-6-5-17-9)20-13-8(15)7-19-14(16)21-13/h3-7H,1-2H3,(H,19,20,21). The predicted octanol–water partition coefficient (Wildman–Crippen LogP) is 3.31. The Morgan fingerprint density at radius 2 is 2.00 bits per heavy atom. The number of hydrogen-bond donors (Lipinski definition) is 1. The summed E-state index contributed by atoms with van der Waals surface area (Å²) in [5, 5.41) is 3.30. The first-order valence-corrected chi connectivity index (χ1v) is 9.42. The summed E-state index contributed by atoms with van der Waals surface area (Å²) in [7, 11) is 0.489. The molecule has 0 saturated heterocycles. The van der Waals surface area contributed by atoms with Crippen LogP contribution in [-0.2, 0) is 11.0 Å². The second kappa shape index (κ2) is 6.96. The molecular weight excluding hydrogens is 416 g/mol. The zero-order valence-electron chi connectivity index (χ0n) is 12.7. The molecule has 0 fully saturated rings. The zero-order valence-corrected chi connectivity index (χ0v) is 15.9. The maximum atomic E-state index is 12.0. The minimum Gasteiger partial charge on any atom is -0.337 e. The lowest BCUT2D eigenvalue weighted by Gasteiger charge is -2.21. The van der Waals surface area contributed by atoms with Crippen molar-refractivity contribution in [3.05, 3.63) is 40.5 Å². The molecule has 2 aromatic heterocycles. The quantitative estimate of drug-likeness (QED) is 0.643. The van der Waals surface area contributed by atoms with Crippen LogP contribution >= 0.6 is 27.5 Å². The Kier molecular flexibility index (Phi) is 4.93. The topological polar surface area (TPSA) is 83.9 Å². The Labute approximate surface area is 154 Å².